The standard InChI is InChI=1S/C13H18F3NO/c14-13(15,16)10-3-7-12(18,8-4-10)11(9-17)5-1-2-6-11/h10,18H,1-8H2. The maximum atomic E-state index is 12.6. The van der Waals surface area contributed by atoms with Gasteiger partial charge >= 0.3 is 6.18 Å². The molecule has 1 N–H and O–H groups in total. The van der Waals surface area contributed by atoms with Crippen molar-refractivity contribution in [1.82, 2.24) is 0 Å². The molecule has 0 spiro atoms. The highest BCUT2D eigenvalue weighted by atomic mass is 19.4. The van der Waals surface area contributed by atoms with E-state index in [1.807, 2.05) is 0 Å². The number of hydrogen-bond acceptors (Lipinski definition) is 2. The van der Waals surface area contributed by atoms with Crippen LogP contribution in [-0.4, -0.2) is 16.9 Å². The van der Waals surface area contributed by atoms with Gasteiger partial charge in [-0.05, 0) is 38.5 Å². The lowest BCUT2D eigenvalue weighted by molar-refractivity contribution is -0.200. The lowest BCUT2D eigenvalue weighted by Gasteiger charge is -2.45. The summed E-state index contributed by atoms with van der Waals surface area (Å²) in [6.45, 7) is 0. The summed E-state index contributed by atoms with van der Waals surface area (Å²) in [5, 5.41) is 19.9. The molecule has 0 aromatic heterocycles. The molecule has 2 aliphatic rings. The molecule has 102 valence electrons. The lowest BCUT2D eigenvalue weighted by Crippen LogP contribution is -2.49. The second-order valence-corrected chi connectivity index (χ2v) is 5.75. The third kappa shape index (κ3) is 2.11. The van der Waals surface area contributed by atoms with Crippen molar-refractivity contribution in [2.75, 3.05) is 0 Å². The van der Waals surface area contributed by atoms with Crippen molar-refractivity contribution in [3.05, 3.63) is 0 Å². The van der Waals surface area contributed by atoms with E-state index in [9.17, 15) is 23.5 Å². The molecular weight excluding hydrogens is 243 g/mol. The minimum atomic E-state index is -4.17. The van der Waals surface area contributed by atoms with Crippen LogP contribution in [0.4, 0.5) is 13.2 Å². The molecule has 2 saturated carbocycles. The molecule has 2 aliphatic carbocycles. The molecule has 0 aromatic rings. The average Bonchev–Trinajstić information content (AvgIpc) is 2.78. The molecule has 2 nitrogen and oxygen atoms in total. The van der Waals surface area contributed by atoms with E-state index in [0.29, 0.717) is 12.8 Å². The Morgan fingerprint density at radius 2 is 1.56 bits per heavy atom. The van der Waals surface area contributed by atoms with Crippen molar-refractivity contribution in [1.29, 1.82) is 5.26 Å². The van der Waals surface area contributed by atoms with Crippen LogP contribution < -0.4 is 0 Å². The molecule has 0 radical (unpaired) electrons. The van der Waals surface area contributed by atoms with Crippen LogP contribution in [0, 0.1) is 22.7 Å². The number of alkyl halides is 3. The van der Waals surface area contributed by atoms with E-state index in [1.165, 1.54) is 0 Å². The molecule has 2 rings (SSSR count). The van der Waals surface area contributed by atoms with Crippen LogP contribution >= 0.6 is 0 Å². The number of nitriles is 1. The Morgan fingerprint density at radius 1 is 1.06 bits per heavy atom. The first-order valence-corrected chi connectivity index (χ1v) is 6.53. The molecule has 0 amide bonds. The van der Waals surface area contributed by atoms with Gasteiger partial charge in [-0.1, -0.05) is 12.8 Å². The van der Waals surface area contributed by atoms with Gasteiger partial charge in [-0.2, -0.15) is 18.4 Å². The first kappa shape index (κ1) is 13.7. The van der Waals surface area contributed by atoms with Gasteiger partial charge in [0.1, 0.15) is 0 Å². The molecule has 2 fully saturated rings. The third-order valence-electron chi connectivity index (χ3n) is 4.84. The first-order chi connectivity index (χ1) is 8.33. The van der Waals surface area contributed by atoms with E-state index in [4.69, 9.17) is 0 Å². The Morgan fingerprint density at radius 3 is 1.94 bits per heavy atom. The minimum absolute atomic E-state index is 0.0522. The zero-order valence-corrected chi connectivity index (χ0v) is 10.3. The Bertz CT molecular complexity index is 344. The summed E-state index contributed by atoms with van der Waals surface area (Å²) in [6.07, 6.45) is -1.05. The van der Waals surface area contributed by atoms with Crippen LogP contribution in [0.2, 0.25) is 0 Å². The molecule has 0 atom stereocenters. The van der Waals surface area contributed by atoms with Crippen LogP contribution in [0.15, 0.2) is 0 Å². The summed E-state index contributed by atoms with van der Waals surface area (Å²) >= 11 is 0. The van der Waals surface area contributed by atoms with Gasteiger partial charge in [-0.3, -0.25) is 0 Å². The second-order valence-electron chi connectivity index (χ2n) is 5.75. The van der Waals surface area contributed by atoms with E-state index in [0.717, 1.165) is 12.8 Å². The van der Waals surface area contributed by atoms with Gasteiger partial charge < -0.3 is 5.11 Å². The molecule has 0 saturated heterocycles. The summed E-state index contributed by atoms with van der Waals surface area (Å²) in [5.41, 5.74) is -2.01. The Balaban J connectivity index is 2.10. The predicted molar refractivity (Wildman–Crippen MR) is 59.5 cm³/mol. The normalized spacial score (nSPS) is 36.3. The van der Waals surface area contributed by atoms with Crippen molar-refractivity contribution < 1.29 is 18.3 Å². The molecule has 0 aromatic carbocycles. The fraction of sp³-hybridized carbons (Fsp3) is 0.923. The monoisotopic (exact) mass is 261 g/mol. The van der Waals surface area contributed by atoms with E-state index >= 15 is 0 Å². The number of rotatable bonds is 1. The number of halogens is 3. The zero-order valence-electron chi connectivity index (χ0n) is 10.3. The fourth-order valence-electron chi connectivity index (χ4n) is 3.56. The fourth-order valence-corrected chi connectivity index (χ4v) is 3.56. The van der Waals surface area contributed by atoms with Gasteiger partial charge in [0.2, 0.25) is 0 Å². The van der Waals surface area contributed by atoms with Crippen molar-refractivity contribution in [2.45, 2.75) is 63.1 Å². The van der Waals surface area contributed by atoms with Gasteiger partial charge in [0.15, 0.2) is 0 Å². The summed E-state index contributed by atoms with van der Waals surface area (Å²) in [6, 6.07) is 2.21. The maximum Gasteiger partial charge on any atom is 0.391 e. The van der Waals surface area contributed by atoms with Crippen LogP contribution in [0.1, 0.15) is 51.4 Å². The number of aliphatic hydroxyl groups is 1. The summed E-state index contributed by atoms with van der Waals surface area (Å²) in [7, 11) is 0. The van der Waals surface area contributed by atoms with E-state index in [1.54, 1.807) is 0 Å². The highest BCUT2D eigenvalue weighted by Crippen LogP contribution is 2.54. The summed E-state index contributed by atoms with van der Waals surface area (Å²) in [5.74, 6) is -1.31. The topological polar surface area (TPSA) is 44.0 Å². The van der Waals surface area contributed by atoms with Crippen molar-refractivity contribution in [2.24, 2.45) is 11.3 Å². The summed E-state index contributed by atoms with van der Waals surface area (Å²) in [4.78, 5) is 0. The second kappa shape index (κ2) is 4.41. The van der Waals surface area contributed by atoms with Crippen molar-refractivity contribution >= 4 is 0 Å². The van der Waals surface area contributed by atoms with Gasteiger partial charge in [-0.25, -0.2) is 0 Å². The number of hydrogen-bond donors (Lipinski definition) is 1. The predicted octanol–water partition coefficient (Wildman–Crippen LogP) is 3.55. The lowest BCUT2D eigenvalue weighted by atomic mass is 9.63. The summed E-state index contributed by atoms with van der Waals surface area (Å²) < 4.78 is 37.8. The van der Waals surface area contributed by atoms with E-state index < -0.39 is 23.1 Å². The zero-order chi connectivity index (χ0) is 13.4. The molecule has 0 bridgehead atoms. The molecular formula is C13H18F3NO. The van der Waals surface area contributed by atoms with Gasteiger partial charge in [0, 0.05) is 0 Å². The SMILES string of the molecule is N#CC1(C2(O)CCC(C(F)(F)F)CC2)CCCC1. The van der Waals surface area contributed by atoms with Crippen LogP contribution in [-0.2, 0) is 0 Å². The Kier molecular flexibility index (Phi) is 3.35. The highest BCUT2D eigenvalue weighted by Gasteiger charge is 2.55. The van der Waals surface area contributed by atoms with E-state index in [2.05, 4.69) is 6.07 Å². The molecule has 18 heavy (non-hydrogen) atoms. The Hall–Kier alpha value is -0.760. The molecule has 5 heteroatoms. The minimum Gasteiger partial charge on any atom is -0.388 e. The quantitative estimate of drug-likeness (QED) is 0.784. The molecule has 0 aliphatic heterocycles. The van der Waals surface area contributed by atoms with Crippen LogP contribution in [0.5, 0.6) is 0 Å². The van der Waals surface area contributed by atoms with Gasteiger partial charge in [-0.15, -0.1) is 0 Å². The smallest absolute Gasteiger partial charge is 0.388 e. The van der Waals surface area contributed by atoms with Crippen LogP contribution in [0.3, 0.4) is 0 Å². The molecule has 0 heterocycles. The maximum absolute atomic E-state index is 12.6. The van der Waals surface area contributed by atoms with Crippen LogP contribution in [0.25, 0.3) is 0 Å². The van der Waals surface area contributed by atoms with Crippen molar-refractivity contribution in [3.63, 3.8) is 0 Å². The molecule has 0 unspecified atom stereocenters. The first-order valence-electron chi connectivity index (χ1n) is 6.53. The number of nitrogens with zero attached hydrogens (tertiary/aromatic N) is 1. The van der Waals surface area contributed by atoms with Gasteiger partial charge in [0.05, 0.1) is 23.0 Å². The van der Waals surface area contributed by atoms with E-state index in [-0.39, 0.29) is 25.7 Å². The van der Waals surface area contributed by atoms with Gasteiger partial charge in [0.25, 0.3) is 0 Å². The largest absolute Gasteiger partial charge is 0.391 e. The Labute approximate surface area is 105 Å². The highest BCUT2D eigenvalue weighted by molar-refractivity contribution is 5.14. The average molecular weight is 261 g/mol. The third-order valence-corrected chi connectivity index (χ3v) is 4.84. The van der Waals surface area contributed by atoms with Crippen molar-refractivity contribution in [3.8, 4) is 6.07 Å².